The van der Waals surface area contributed by atoms with Gasteiger partial charge in [0.05, 0.1) is 42.0 Å². The molecule has 3 saturated heterocycles. The lowest BCUT2D eigenvalue weighted by Crippen LogP contribution is -2.75. The first-order valence-corrected chi connectivity index (χ1v) is 18.9. The van der Waals surface area contributed by atoms with E-state index in [1.165, 1.54) is 7.11 Å². The molecule has 0 aliphatic carbocycles. The van der Waals surface area contributed by atoms with Crippen molar-refractivity contribution in [2.75, 3.05) is 51.7 Å². The minimum Gasteiger partial charge on any atom is -0.506 e. The van der Waals surface area contributed by atoms with E-state index in [1.807, 2.05) is 29.2 Å². The summed E-state index contributed by atoms with van der Waals surface area (Å²) >= 11 is 6.81. The number of likely N-dealkylation sites (tertiary alicyclic amines) is 2. The van der Waals surface area contributed by atoms with Crippen molar-refractivity contribution in [1.82, 2.24) is 20.4 Å². The predicted molar refractivity (Wildman–Crippen MR) is 192 cm³/mol. The Morgan fingerprint density at radius 3 is 2.38 bits per heavy atom. The number of halogens is 2. The van der Waals surface area contributed by atoms with Crippen molar-refractivity contribution in [2.24, 2.45) is 0 Å². The summed E-state index contributed by atoms with van der Waals surface area (Å²) in [5.41, 5.74) is 1.45. The zero-order valence-electron chi connectivity index (χ0n) is 28.2. The SMILES string of the molecule is COC(=O)OC1([N+]2(C(=O)[C@@H](Cc3cc(Br)c(O)c(Br)c3)NC(=O)N3CCC(N4Cc5ccccc5NC4=O)CC3)CCCCC2)CCNCC1. The van der Waals surface area contributed by atoms with Crippen LogP contribution in [0, 0.1) is 0 Å². The number of aromatic hydroxyl groups is 1. The fourth-order valence-corrected chi connectivity index (χ4v) is 9.40. The number of urea groups is 2. The number of nitrogens with one attached hydrogen (secondary N) is 3. The van der Waals surface area contributed by atoms with Crippen molar-refractivity contribution in [1.29, 1.82) is 0 Å². The number of rotatable bonds is 7. The normalized spacial score (nSPS) is 21.0. The third-order valence-electron chi connectivity index (χ3n) is 10.8. The number of fused-ring (bicyclic) bond motifs is 1. The summed E-state index contributed by atoms with van der Waals surface area (Å²) < 4.78 is 11.9. The summed E-state index contributed by atoms with van der Waals surface area (Å²) in [6.45, 7) is 3.41. The van der Waals surface area contributed by atoms with Crippen molar-refractivity contribution in [3.05, 3.63) is 56.5 Å². The first-order valence-electron chi connectivity index (χ1n) is 17.3. The monoisotopic (exact) mass is 819 g/mol. The summed E-state index contributed by atoms with van der Waals surface area (Å²) in [5.74, 6) is -0.184. The number of hydrogen-bond acceptors (Lipinski definition) is 8. The highest BCUT2D eigenvalue weighted by molar-refractivity contribution is 9.11. The average molecular weight is 822 g/mol. The number of ether oxygens (including phenoxy) is 2. The number of anilines is 1. The van der Waals surface area contributed by atoms with E-state index in [0.29, 0.717) is 80.4 Å². The summed E-state index contributed by atoms with van der Waals surface area (Å²) in [5, 5.41) is 19.8. The number of hydrogen-bond donors (Lipinski definition) is 4. The van der Waals surface area contributed by atoms with Crippen LogP contribution < -0.4 is 16.0 Å². The van der Waals surface area contributed by atoms with Crippen LogP contribution in [-0.2, 0) is 27.2 Å². The Labute approximate surface area is 308 Å². The Morgan fingerprint density at radius 1 is 1.06 bits per heavy atom. The van der Waals surface area contributed by atoms with Crippen LogP contribution in [0.5, 0.6) is 5.75 Å². The smallest absolute Gasteiger partial charge is 0.506 e. The number of methoxy groups -OCH3 is 1. The van der Waals surface area contributed by atoms with Crippen molar-refractivity contribution in [2.45, 2.75) is 75.7 Å². The molecule has 4 heterocycles. The molecule has 2 aromatic rings. The summed E-state index contributed by atoms with van der Waals surface area (Å²) in [6.07, 6.45) is 3.85. The highest BCUT2D eigenvalue weighted by atomic mass is 79.9. The molecule has 0 aromatic heterocycles. The molecule has 3 fully saturated rings. The Bertz CT molecular complexity index is 1580. The molecule has 0 bridgehead atoms. The number of carbonyl (C=O) groups excluding carboxylic acids is 4. The van der Waals surface area contributed by atoms with Gasteiger partial charge >= 0.3 is 24.1 Å². The zero-order valence-corrected chi connectivity index (χ0v) is 31.4. The van der Waals surface area contributed by atoms with Gasteiger partial charge in [-0.3, -0.25) is 0 Å². The fourth-order valence-electron chi connectivity index (χ4n) is 8.12. The van der Waals surface area contributed by atoms with Crippen molar-refractivity contribution >= 4 is 61.7 Å². The van der Waals surface area contributed by atoms with Crippen molar-refractivity contribution < 1.29 is 38.2 Å². The molecule has 4 N–H and O–H groups in total. The second-order valence-corrected chi connectivity index (χ2v) is 15.3. The highest BCUT2D eigenvalue weighted by Gasteiger charge is 2.61. The zero-order chi connectivity index (χ0) is 35.5. The van der Waals surface area contributed by atoms with Crippen LogP contribution in [0.25, 0.3) is 0 Å². The molecule has 4 aliphatic rings. The molecule has 4 aliphatic heterocycles. The van der Waals surface area contributed by atoms with Crippen LogP contribution >= 0.6 is 31.9 Å². The summed E-state index contributed by atoms with van der Waals surface area (Å²) in [7, 11) is 1.27. The van der Waals surface area contributed by atoms with E-state index >= 15 is 4.79 Å². The highest BCUT2D eigenvalue weighted by Crippen LogP contribution is 2.41. The quantitative estimate of drug-likeness (QED) is 0.213. The van der Waals surface area contributed by atoms with E-state index in [4.69, 9.17) is 9.47 Å². The van der Waals surface area contributed by atoms with Crippen LogP contribution in [0.1, 0.15) is 56.1 Å². The third kappa shape index (κ3) is 7.32. The van der Waals surface area contributed by atoms with Gasteiger partial charge in [0.25, 0.3) is 5.72 Å². The number of phenols is 1. The van der Waals surface area contributed by atoms with E-state index in [9.17, 15) is 19.5 Å². The topological polar surface area (TPSA) is 150 Å². The molecule has 2 aromatic carbocycles. The molecule has 0 spiro atoms. The summed E-state index contributed by atoms with van der Waals surface area (Å²) in [6, 6.07) is 9.74. The van der Waals surface area contributed by atoms with Crippen LogP contribution in [-0.4, -0.2) is 108 Å². The lowest BCUT2D eigenvalue weighted by molar-refractivity contribution is -0.937. The largest absolute Gasteiger partial charge is 0.512 e. The van der Waals surface area contributed by atoms with E-state index in [0.717, 1.165) is 36.1 Å². The number of quaternary nitrogens is 1. The second kappa shape index (κ2) is 15.5. The van der Waals surface area contributed by atoms with Gasteiger partial charge in [0, 0.05) is 50.9 Å². The average Bonchev–Trinajstić information content (AvgIpc) is 3.13. The maximum atomic E-state index is 15.2. The van der Waals surface area contributed by atoms with Gasteiger partial charge in [-0.15, -0.1) is 0 Å². The molecule has 13 nitrogen and oxygen atoms in total. The standard InChI is InChI=1S/C35H44Br2N6O7/c1-49-34(48)50-35(11-13-38-14-12-35)43(17-5-2-6-18-43)31(45)29(21-23-19-26(36)30(44)27(37)20-23)40-32(46)41-15-9-25(10-16-41)42-22-24-7-3-4-8-28(24)39-33(42)47/h3-4,7-8,19-20,25,29,38H,2,5-6,9-18,21-22H2,1H3,(H2-,39,40,44,46,47)/p+1/t29-/m1/s1. The van der Waals surface area contributed by atoms with Crippen LogP contribution in [0.3, 0.4) is 0 Å². The number of phenolic OH excluding ortho intramolecular Hbond substituents is 1. The van der Waals surface area contributed by atoms with Gasteiger partial charge < -0.3 is 40.3 Å². The van der Waals surface area contributed by atoms with E-state index < -0.39 is 17.9 Å². The van der Waals surface area contributed by atoms with Gasteiger partial charge in [0.15, 0.2) is 6.04 Å². The first-order chi connectivity index (χ1) is 24.1. The Hall–Kier alpha value is -3.40. The number of amides is 5. The molecule has 15 heteroatoms. The number of carbonyl (C=O) groups is 4. The van der Waals surface area contributed by atoms with Gasteiger partial charge in [0.2, 0.25) is 0 Å². The van der Waals surface area contributed by atoms with Crippen molar-refractivity contribution in [3.8, 4) is 5.75 Å². The molecule has 270 valence electrons. The lowest BCUT2D eigenvalue weighted by atomic mass is 9.89. The maximum Gasteiger partial charge on any atom is 0.512 e. The van der Waals surface area contributed by atoms with Gasteiger partial charge in [-0.05, 0) is 93.3 Å². The van der Waals surface area contributed by atoms with Crippen LogP contribution in [0.4, 0.5) is 20.1 Å². The van der Waals surface area contributed by atoms with Gasteiger partial charge in [-0.25, -0.2) is 23.7 Å². The number of para-hydroxylation sites is 1. The van der Waals surface area contributed by atoms with Crippen LogP contribution in [0.15, 0.2) is 45.3 Å². The number of nitrogens with zero attached hydrogens (tertiary/aromatic N) is 3. The third-order valence-corrected chi connectivity index (χ3v) is 12.0. The van der Waals surface area contributed by atoms with E-state index in [2.05, 4.69) is 47.8 Å². The fraction of sp³-hybridized carbons (Fsp3) is 0.543. The predicted octanol–water partition coefficient (Wildman–Crippen LogP) is 5.44. The Morgan fingerprint density at radius 2 is 1.72 bits per heavy atom. The number of piperidine rings is 3. The first kappa shape index (κ1) is 36.4. The Kier molecular flexibility index (Phi) is 11.3. The van der Waals surface area contributed by atoms with E-state index in [-0.39, 0.29) is 40.7 Å². The molecule has 5 amide bonds. The molecule has 6 rings (SSSR count). The molecule has 0 unspecified atom stereocenters. The molecule has 50 heavy (non-hydrogen) atoms. The molecule has 0 saturated carbocycles. The Balaban J connectivity index is 1.25. The maximum absolute atomic E-state index is 15.2. The molecular weight excluding hydrogens is 776 g/mol. The summed E-state index contributed by atoms with van der Waals surface area (Å²) in [4.78, 5) is 58.5. The molecule has 0 radical (unpaired) electrons. The van der Waals surface area contributed by atoms with Gasteiger partial charge in [-0.2, -0.15) is 0 Å². The molecular formula is C35H45Br2N6O7+. The van der Waals surface area contributed by atoms with Gasteiger partial charge in [0.1, 0.15) is 5.75 Å². The number of benzene rings is 2. The molecule has 1 atom stereocenters. The van der Waals surface area contributed by atoms with Crippen LogP contribution in [0.2, 0.25) is 0 Å². The van der Waals surface area contributed by atoms with E-state index in [1.54, 1.807) is 17.0 Å². The van der Waals surface area contributed by atoms with Crippen molar-refractivity contribution in [3.63, 3.8) is 0 Å². The second-order valence-electron chi connectivity index (χ2n) is 13.6. The lowest BCUT2D eigenvalue weighted by Gasteiger charge is -2.53. The minimum atomic E-state index is -1.15. The van der Waals surface area contributed by atoms with Gasteiger partial charge in [-0.1, -0.05) is 18.2 Å². The minimum absolute atomic E-state index is 0.0334.